The maximum Gasteiger partial charge on any atom is 0.376 e. The highest BCUT2D eigenvalue weighted by Crippen LogP contribution is 2.24. The van der Waals surface area contributed by atoms with E-state index in [1.54, 1.807) is 24.3 Å². The summed E-state index contributed by atoms with van der Waals surface area (Å²) in [4.78, 5) is 16.0. The third-order valence-electron chi connectivity index (χ3n) is 2.79. The predicted octanol–water partition coefficient (Wildman–Crippen LogP) is 2.95. The average Bonchev–Trinajstić information content (AvgIpc) is 2.91. The average molecular weight is 270 g/mol. The summed E-state index contributed by atoms with van der Waals surface area (Å²) in [7, 11) is 1.30. The topological polar surface area (TPSA) is 76.1 Å². The van der Waals surface area contributed by atoms with Gasteiger partial charge in [0.15, 0.2) is 0 Å². The number of esters is 1. The predicted molar refractivity (Wildman–Crippen MR) is 72.0 cm³/mol. The summed E-state index contributed by atoms with van der Waals surface area (Å²) in [5.74, 6) is -0.0821. The molecule has 102 valence electrons. The Morgan fingerprint density at radius 2 is 2.30 bits per heavy atom. The Labute approximate surface area is 116 Å². The number of aryl methyl sites for hydroxylation is 1. The highest BCUT2D eigenvalue weighted by Gasteiger charge is 2.21. The van der Waals surface area contributed by atoms with Gasteiger partial charge in [-0.15, -0.1) is 0 Å². The lowest BCUT2D eigenvalue weighted by Crippen LogP contribution is -2.03. The molecule has 0 bridgehead atoms. The SMILES string of the molecule is CCCc1nc(-c2cccc(C#N)c2)oc1C(=O)OC. The van der Waals surface area contributed by atoms with Crippen LogP contribution in [0.3, 0.4) is 0 Å². The minimum atomic E-state index is -0.538. The van der Waals surface area contributed by atoms with E-state index in [9.17, 15) is 4.79 Å². The molecule has 0 fully saturated rings. The standard InChI is InChI=1S/C15H14N2O3/c1-3-5-12-13(15(18)19-2)20-14(17-12)11-7-4-6-10(8-11)9-16/h4,6-8H,3,5H2,1-2H3. The molecule has 0 unspecified atom stereocenters. The van der Waals surface area contributed by atoms with E-state index in [0.717, 1.165) is 6.42 Å². The van der Waals surface area contributed by atoms with Gasteiger partial charge in [0.05, 0.1) is 24.4 Å². The highest BCUT2D eigenvalue weighted by atomic mass is 16.5. The summed E-state index contributed by atoms with van der Waals surface area (Å²) in [5, 5.41) is 8.90. The van der Waals surface area contributed by atoms with E-state index >= 15 is 0 Å². The van der Waals surface area contributed by atoms with Gasteiger partial charge >= 0.3 is 5.97 Å². The van der Waals surface area contributed by atoms with Crippen molar-refractivity contribution in [1.29, 1.82) is 5.26 Å². The van der Waals surface area contributed by atoms with E-state index in [-0.39, 0.29) is 5.76 Å². The zero-order valence-electron chi connectivity index (χ0n) is 11.3. The van der Waals surface area contributed by atoms with E-state index in [1.807, 2.05) is 6.92 Å². The molecular formula is C15H14N2O3. The Morgan fingerprint density at radius 1 is 1.50 bits per heavy atom. The minimum Gasteiger partial charge on any atom is -0.463 e. The number of ether oxygens (including phenoxy) is 1. The molecule has 0 radical (unpaired) electrons. The molecule has 5 nitrogen and oxygen atoms in total. The fourth-order valence-electron chi connectivity index (χ4n) is 1.86. The third kappa shape index (κ3) is 2.69. The van der Waals surface area contributed by atoms with Crippen LogP contribution in [0.4, 0.5) is 0 Å². The molecule has 0 aliphatic rings. The lowest BCUT2D eigenvalue weighted by atomic mass is 10.1. The monoisotopic (exact) mass is 270 g/mol. The summed E-state index contributed by atoms with van der Waals surface area (Å²) in [6.45, 7) is 1.99. The lowest BCUT2D eigenvalue weighted by Gasteiger charge is -1.96. The molecule has 0 atom stereocenters. The van der Waals surface area contributed by atoms with Gasteiger partial charge in [0.2, 0.25) is 11.7 Å². The van der Waals surface area contributed by atoms with Crippen molar-refractivity contribution in [3.8, 4) is 17.5 Å². The van der Waals surface area contributed by atoms with Crippen molar-refractivity contribution < 1.29 is 13.9 Å². The Morgan fingerprint density at radius 3 is 2.95 bits per heavy atom. The normalized spacial score (nSPS) is 10.1. The molecule has 0 aliphatic carbocycles. The van der Waals surface area contributed by atoms with Gasteiger partial charge in [-0.2, -0.15) is 5.26 Å². The molecule has 1 aromatic heterocycles. The van der Waals surface area contributed by atoms with E-state index in [1.165, 1.54) is 7.11 Å². The van der Waals surface area contributed by atoms with Crippen LogP contribution in [0.15, 0.2) is 28.7 Å². The number of nitrogens with zero attached hydrogens (tertiary/aromatic N) is 2. The van der Waals surface area contributed by atoms with Crippen LogP contribution in [-0.2, 0) is 11.2 Å². The highest BCUT2D eigenvalue weighted by molar-refractivity contribution is 5.88. The molecule has 0 saturated heterocycles. The first-order chi connectivity index (χ1) is 9.69. The van der Waals surface area contributed by atoms with Crippen LogP contribution in [0.5, 0.6) is 0 Å². The van der Waals surface area contributed by atoms with Crippen LogP contribution in [0.25, 0.3) is 11.5 Å². The van der Waals surface area contributed by atoms with Gasteiger partial charge in [-0.05, 0) is 24.6 Å². The van der Waals surface area contributed by atoms with E-state index in [0.29, 0.717) is 29.1 Å². The summed E-state index contributed by atoms with van der Waals surface area (Å²) < 4.78 is 10.2. The van der Waals surface area contributed by atoms with Gasteiger partial charge in [-0.1, -0.05) is 19.4 Å². The van der Waals surface area contributed by atoms with Crippen LogP contribution in [0.1, 0.15) is 35.2 Å². The number of nitriles is 1. The van der Waals surface area contributed by atoms with Crippen LogP contribution < -0.4 is 0 Å². The number of benzene rings is 1. The molecule has 1 aromatic carbocycles. The molecule has 1 heterocycles. The molecule has 20 heavy (non-hydrogen) atoms. The molecule has 2 rings (SSSR count). The molecular weight excluding hydrogens is 256 g/mol. The Balaban J connectivity index is 2.47. The quantitative estimate of drug-likeness (QED) is 0.798. The van der Waals surface area contributed by atoms with E-state index in [2.05, 4.69) is 11.1 Å². The van der Waals surface area contributed by atoms with Gasteiger partial charge in [-0.3, -0.25) is 0 Å². The second-order valence-electron chi connectivity index (χ2n) is 4.23. The van der Waals surface area contributed by atoms with Gasteiger partial charge in [0.1, 0.15) is 0 Å². The van der Waals surface area contributed by atoms with Crippen molar-refractivity contribution in [3.63, 3.8) is 0 Å². The Kier molecular flexibility index (Phi) is 4.16. The van der Waals surface area contributed by atoms with Crippen molar-refractivity contribution in [2.45, 2.75) is 19.8 Å². The largest absolute Gasteiger partial charge is 0.463 e. The number of hydrogen-bond acceptors (Lipinski definition) is 5. The molecule has 0 N–H and O–H groups in total. The van der Waals surface area contributed by atoms with Crippen LogP contribution in [0, 0.1) is 11.3 Å². The van der Waals surface area contributed by atoms with Crippen LogP contribution in [-0.4, -0.2) is 18.1 Å². The molecule has 5 heteroatoms. The third-order valence-corrected chi connectivity index (χ3v) is 2.79. The number of oxazole rings is 1. The zero-order valence-corrected chi connectivity index (χ0v) is 11.3. The summed E-state index contributed by atoms with van der Waals surface area (Å²) >= 11 is 0. The fourth-order valence-corrected chi connectivity index (χ4v) is 1.86. The van der Waals surface area contributed by atoms with Gasteiger partial charge in [0, 0.05) is 5.56 Å². The maximum atomic E-state index is 11.7. The van der Waals surface area contributed by atoms with Crippen molar-refractivity contribution in [3.05, 3.63) is 41.3 Å². The summed E-state index contributed by atoms with van der Waals surface area (Å²) in [6, 6.07) is 8.95. The van der Waals surface area contributed by atoms with E-state index < -0.39 is 5.97 Å². The van der Waals surface area contributed by atoms with Gasteiger partial charge < -0.3 is 9.15 Å². The second-order valence-corrected chi connectivity index (χ2v) is 4.23. The molecule has 2 aromatic rings. The summed E-state index contributed by atoms with van der Waals surface area (Å²) in [5.41, 5.74) is 1.76. The lowest BCUT2D eigenvalue weighted by molar-refractivity contribution is 0.0564. The van der Waals surface area contributed by atoms with Gasteiger partial charge in [0.25, 0.3) is 0 Å². The number of hydrogen-bond donors (Lipinski definition) is 0. The first kappa shape index (κ1) is 13.8. The van der Waals surface area contributed by atoms with Crippen molar-refractivity contribution >= 4 is 5.97 Å². The van der Waals surface area contributed by atoms with Crippen LogP contribution >= 0.6 is 0 Å². The van der Waals surface area contributed by atoms with Crippen LogP contribution in [0.2, 0.25) is 0 Å². The number of carbonyl (C=O) groups excluding carboxylic acids is 1. The smallest absolute Gasteiger partial charge is 0.376 e. The van der Waals surface area contributed by atoms with Crippen molar-refractivity contribution in [2.75, 3.05) is 7.11 Å². The van der Waals surface area contributed by atoms with Crippen molar-refractivity contribution in [1.82, 2.24) is 4.98 Å². The number of carbonyl (C=O) groups is 1. The van der Waals surface area contributed by atoms with Gasteiger partial charge in [-0.25, -0.2) is 9.78 Å². The molecule has 0 spiro atoms. The zero-order chi connectivity index (χ0) is 14.5. The number of rotatable bonds is 4. The number of aromatic nitrogens is 1. The van der Waals surface area contributed by atoms with Crippen molar-refractivity contribution in [2.24, 2.45) is 0 Å². The number of methoxy groups -OCH3 is 1. The Hall–Kier alpha value is -2.61. The minimum absolute atomic E-state index is 0.131. The second kappa shape index (κ2) is 6.02. The first-order valence-electron chi connectivity index (χ1n) is 6.28. The molecule has 0 amide bonds. The fraction of sp³-hybridized carbons (Fsp3) is 0.267. The van der Waals surface area contributed by atoms with E-state index in [4.69, 9.17) is 14.4 Å². The molecule has 0 aliphatic heterocycles. The maximum absolute atomic E-state index is 11.7. The summed E-state index contributed by atoms with van der Waals surface area (Å²) in [6.07, 6.45) is 1.47. The Bertz CT molecular complexity index is 668. The molecule has 0 saturated carbocycles. The first-order valence-corrected chi connectivity index (χ1v) is 6.28.